The molecule has 1 aliphatic rings. The van der Waals surface area contributed by atoms with Crippen molar-refractivity contribution in [3.63, 3.8) is 0 Å². The monoisotopic (exact) mass is 491 g/mol. The van der Waals surface area contributed by atoms with Crippen LogP contribution in [-0.2, 0) is 16.6 Å². The predicted molar refractivity (Wildman–Crippen MR) is 149 cm³/mol. The lowest BCUT2D eigenvalue weighted by Crippen LogP contribution is -2.49. The van der Waals surface area contributed by atoms with E-state index in [1.54, 1.807) is 0 Å². The molecule has 0 bridgehead atoms. The van der Waals surface area contributed by atoms with E-state index < -0.39 is 5.41 Å². The quantitative estimate of drug-likeness (QED) is 0.374. The smallest absolute Gasteiger partial charge is 0.232 e. The van der Waals surface area contributed by atoms with Gasteiger partial charge in [0, 0.05) is 16.3 Å². The van der Waals surface area contributed by atoms with E-state index in [0.717, 1.165) is 50.1 Å². The van der Waals surface area contributed by atoms with Gasteiger partial charge in [0.05, 0.1) is 0 Å². The lowest BCUT2D eigenvalue weighted by molar-refractivity contribution is -0.123. The molecule has 0 aliphatic carbocycles. The molecule has 1 atom stereocenters. The van der Waals surface area contributed by atoms with Gasteiger partial charge in [-0.05, 0) is 88.5 Å². The average Bonchev–Trinajstić information content (AvgIpc) is 3.51. The Morgan fingerprint density at radius 1 is 1.06 bits per heavy atom. The van der Waals surface area contributed by atoms with Crippen molar-refractivity contribution in [2.75, 3.05) is 33.2 Å². The third-order valence-corrected chi connectivity index (χ3v) is 7.98. The Hall–Kier alpha value is -2.47. The molecule has 2 heterocycles. The number of carbonyl (C=O) groups excluding carboxylic acids is 1. The molecule has 0 spiro atoms. The highest BCUT2D eigenvalue weighted by atomic mass is 32.1. The van der Waals surface area contributed by atoms with E-state index in [2.05, 4.69) is 36.2 Å². The SMILES string of the molecule is CCCN1CCC(C(C(N)=O)(c2ccccc2)c2ccccc2)C1.CNCCCc1ccc(C)s1. The van der Waals surface area contributed by atoms with Gasteiger partial charge in [-0.25, -0.2) is 0 Å². The molecule has 5 heteroatoms. The van der Waals surface area contributed by atoms with Crippen molar-refractivity contribution >= 4 is 17.2 Å². The first kappa shape index (κ1) is 27.1. The fraction of sp³-hybridized carbons (Fsp3) is 0.433. The van der Waals surface area contributed by atoms with E-state index >= 15 is 0 Å². The summed E-state index contributed by atoms with van der Waals surface area (Å²) in [6.45, 7) is 8.51. The second-order valence-corrected chi connectivity index (χ2v) is 10.8. The number of nitrogens with zero attached hydrogens (tertiary/aromatic N) is 1. The summed E-state index contributed by atoms with van der Waals surface area (Å²) < 4.78 is 0. The molecular weight excluding hydrogens is 450 g/mol. The highest BCUT2D eigenvalue weighted by molar-refractivity contribution is 7.11. The van der Waals surface area contributed by atoms with E-state index in [1.165, 1.54) is 22.6 Å². The van der Waals surface area contributed by atoms with Crippen LogP contribution in [0.2, 0.25) is 0 Å². The highest BCUT2D eigenvalue weighted by Gasteiger charge is 2.49. The van der Waals surface area contributed by atoms with Crippen LogP contribution >= 0.6 is 11.3 Å². The number of aryl methyl sites for hydroxylation is 2. The molecule has 1 amide bonds. The minimum atomic E-state index is -0.759. The number of benzene rings is 2. The van der Waals surface area contributed by atoms with Gasteiger partial charge in [-0.1, -0.05) is 67.6 Å². The van der Waals surface area contributed by atoms with Gasteiger partial charge in [0.1, 0.15) is 5.41 Å². The maximum absolute atomic E-state index is 12.9. The number of rotatable bonds is 10. The molecule has 1 aliphatic heterocycles. The Labute approximate surface area is 215 Å². The van der Waals surface area contributed by atoms with E-state index in [1.807, 2.05) is 79.0 Å². The zero-order valence-corrected chi connectivity index (χ0v) is 22.3. The molecule has 4 nitrogen and oxygen atoms in total. The van der Waals surface area contributed by atoms with Crippen molar-refractivity contribution in [3.05, 3.63) is 93.7 Å². The average molecular weight is 492 g/mol. The maximum Gasteiger partial charge on any atom is 0.232 e. The Bertz CT molecular complexity index is 979. The Morgan fingerprint density at radius 2 is 1.69 bits per heavy atom. The number of primary amides is 1. The zero-order valence-electron chi connectivity index (χ0n) is 21.5. The first-order chi connectivity index (χ1) is 17.0. The largest absolute Gasteiger partial charge is 0.369 e. The number of likely N-dealkylation sites (tertiary alicyclic amines) is 1. The highest BCUT2D eigenvalue weighted by Crippen LogP contribution is 2.43. The van der Waals surface area contributed by atoms with Crippen LogP contribution in [0.3, 0.4) is 0 Å². The normalized spacial score (nSPS) is 16.0. The fourth-order valence-corrected chi connectivity index (χ4v) is 6.22. The number of thiophene rings is 1. The van der Waals surface area contributed by atoms with E-state index in [-0.39, 0.29) is 11.8 Å². The number of carbonyl (C=O) groups is 1. The van der Waals surface area contributed by atoms with Gasteiger partial charge in [-0.2, -0.15) is 0 Å². The number of hydrogen-bond acceptors (Lipinski definition) is 4. The zero-order chi connectivity index (χ0) is 25.1. The number of nitrogens with two attached hydrogens (primary N) is 1. The van der Waals surface area contributed by atoms with Gasteiger partial charge in [-0.15, -0.1) is 11.3 Å². The van der Waals surface area contributed by atoms with Crippen LogP contribution in [-0.4, -0.2) is 44.0 Å². The molecule has 1 fully saturated rings. The van der Waals surface area contributed by atoms with E-state index in [4.69, 9.17) is 5.73 Å². The predicted octanol–water partition coefficient (Wildman–Crippen LogP) is 5.40. The molecule has 188 valence electrons. The van der Waals surface area contributed by atoms with Crippen molar-refractivity contribution in [2.24, 2.45) is 11.7 Å². The summed E-state index contributed by atoms with van der Waals surface area (Å²) in [4.78, 5) is 18.3. The fourth-order valence-electron chi connectivity index (χ4n) is 5.29. The minimum Gasteiger partial charge on any atom is -0.369 e. The number of amides is 1. The molecule has 2 aromatic carbocycles. The molecule has 0 radical (unpaired) electrons. The second kappa shape index (κ2) is 13.6. The lowest BCUT2D eigenvalue weighted by Gasteiger charge is -2.37. The van der Waals surface area contributed by atoms with Gasteiger partial charge >= 0.3 is 0 Å². The van der Waals surface area contributed by atoms with Crippen LogP contribution < -0.4 is 11.1 Å². The molecule has 35 heavy (non-hydrogen) atoms. The molecule has 4 rings (SSSR count). The Balaban J connectivity index is 0.000000261. The summed E-state index contributed by atoms with van der Waals surface area (Å²) in [6.07, 6.45) is 4.59. The van der Waals surface area contributed by atoms with Gasteiger partial charge in [0.2, 0.25) is 5.91 Å². The van der Waals surface area contributed by atoms with Gasteiger partial charge in [0.25, 0.3) is 0 Å². The summed E-state index contributed by atoms with van der Waals surface area (Å²) in [7, 11) is 2.00. The third-order valence-electron chi connectivity index (χ3n) is 6.92. The third kappa shape index (κ3) is 6.81. The standard InChI is InChI=1S/C21H26N2O.C9H15NS/c1-2-14-23-15-13-19(16-23)21(20(22)24,17-9-5-3-6-10-17)18-11-7-4-8-12-18;1-8-5-6-9(11-8)4-3-7-10-2/h3-12,19H,2,13-16H2,1H3,(H2,22,24);5-6,10H,3-4,7H2,1-2H3. The van der Waals surface area contributed by atoms with Gasteiger partial charge in [0.15, 0.2) is 0 Å². The molecule has 3 aromatic rings. The minimum absolute atomic E-state index is 0.200. The lowest BCUT2D eigenvalue weighted by atomic mass is 9.64. The van der Waals surface area contributed by atoms with Crippen molar-refractivity contribution in [2.45, 2.75) is 44.9 Å². The first-order valence-electron chi connectivity index (χ1n) is 12.9. The van der Waals surface area contributed by atoms with Crippen LogP contribution in [0.25, 0.3) is 0 Å². The van der Waals surface area contributed by atoms with Gasteiger partial charge < -0.3 is 16.0 Å². The van der Waals surface area contributed by atoms with Crippen molar-refractivity contribution in [1.82, 2.24) is 10.2 Å². The Morgan fingerprint density at radius 3 is 2.17 bits per heavy atom. The Kier molecular flexibility index (Phi) is 10.5. The van der Waals surface area contributed by atoms with Crippen molar-refractivity contribution in [1.29, 1.82) is 0 Å². The summed E-state index contributed by atoms with van der Waals surface area (Å²) in [5.41, 5.74) is 7.33. The van der Waals surface area contributed by atoms with Crippen LogP contribution in [0, 0.1) is 12.8 Å². The van der Waals surface area contributed by atoms with E-state index in [0.29, 0.717) is 0 Å². The summed E-state index contributed by atoms with van der Waals surface area (Å²) in [5.74, 6) is -0.0467. The van der Waals surface area contributed by atoms with E-state index in [9.17, 15) is 4.79 Å². The second-order valence-electron chi connectivity index (χ2n) is 9.41. The van der Waals surface area contributed by atoms with Crippen molar-refractivity contribution in [3.8, 4) is 0 Å². The van der Waals surface area contributed by atoms with Gasteiger partial charge in [-0.3, -0.25) is 4.79 Å². The van der Waals surface area contributed by atoms with Crippen LogP contribution in [0.5, 0.6) is 0 Å². The van der Waals surface area contributed by atoms with Crippen LogP contribution in [0.15, 0.2) is 72.8 Å². The number of hydrogen-bond donors (Lipinski definition) is 2. The molecule has 0 saturated carbocycles. The van der Waals surface area contributed by atoms with Crippen LogP contribution in [0.4, 0.5) is 0 Å². The maximum atomic E-state index is 12.9. The summed E-state index contributed by atoms with van der Waals surface area (Å²) in [6, 6.07) is 24.5. The summed E-state index contributed by atoms with van der Waals surface area (Å²) >= 11 is 1.91. The molecule has 3 N–H and O–H groups in total. The van der Waals surface area contributed by atoms with Crippen molar-refractivity contribution < 1.29 is 4.79 Å². The molecular formula is C30H41N3OS. The number of nitrogens with one attached hydrogen (secondary N) is 1. The molecule has 1 aromatic heterocycles. The topological polar surface area (TPSA) is 58.4 Å². The molecule has 1 saturated heterocycles. The first-order valence-corrected chi connectivity index (χ1v) is 13.7. The molecule has 1 unspecified atom stereocenters. The summed E-state index contributed by atoms with van der Waals surface area (Å²) in [5, 5.41) is 3.15. The van der Waals surface area contributed by atoms with Crippen LogP contribution in [0.1, 0.15) is 47.1 Å².